The van der Waals surface area contributed by atoms with Crippen molar-refractivity contribution in [3.05, 3.63) is 12.3 Å². The van der Waals surface area contributed by atoms with Crippen LogP contribution in [0.4, 0.5) is 11.8 Å². The van der Waals surface area contributed by atoms with Gasteiger partial charge in [0.15, 0.2) is 0 Å². The SMILES string of the molecule is NNc1nccc(NC2CCN3CCCCC23)n1. The third-order valence-electron chi connectivity index (χ3n) is 3.97. The summed E-state index contributed by atoms with van der Waals surface area (Å²) in [5, 5.41) is 3.53. The number of rotatable bonds is 3. The minimum atomic E-state index is 0.457. The molecule has 6 heteroatoms. The first-order valence-electron chi connectivity index (χ1n) is 6.67. The van der Waals surface area contributed by atoms with Crippen LogP contribution in [0, 0.1) is 0 Å². The highest BCUT2D eigenvalue weighted by molar-refractivity contribution is 5.40. The summed E-state index contributed by atoms with van der Waals surface area (Å²) in [4.78, 5) is 10.9. The van der Waals surface area contributed by atoms with E-state index in [9.17, 15) is 0 Å². The summed E-state index contributed by atoms with van der Waals surface area (Å²) in [5.41, 5.74) is 2.48. The van der Waals surface area contributed by atoms with Gasteiger partial charge in [0.25, 0.3) is 0 Å². The van der Waals surface area contributed by atoms with Gasteiger partial charge in [-0.2, -0.15) is 4.98 Å². The van der Waals surface area contributed by atoms with E-state index in [0.717, 1.165) is 5.82 Å². The van der Waals surface area contributed by atoms with E-state index in [1.807, 2.05) is 6.07 Å². The van der Waals surface area contributed by atoms with Gasteiger partial charge in [0.2, 0.25) is 5.95 Å². The molecule has 0 aromatic carbocycles. The zero-order valence-corrected chi connectivity index (χ0v) is 10.5. The van der Waals surface area contributed by atoms with Gasteiger partial charge in [-0.05, 0) is 31.9 Å². The largest absolute Gasteiger partial charge is 0.366 e. The fourth-order valence-electron chi connectivity index (χ4n) is 3.11. The highest BCUT2D eigenvalue weighted by Gasteiger charge is 2.35. The van der Waals surface area contributed by atoms with Crippen molar-refractivity contribution < 1.29 is 0 Å². The maximum atomic E-state index is 5.32. The number of hydrogen-bond acceptors (Lipinski definition) is 6. The Morgan fingerprint density at radius 3 is 3.11 bits per heavy atom. The predicted octanol–water partition coefficient (Wildman–Crippen LogP) is 0.801. The number of hydrogen-bond donors (Lipinski definition) is 3. The van der Waals surface area contributed by atoms with E-state index in [0.29, 0.717) is 18.0 Å². The average Bonchev–Trinajstić information content (AvgIpc) is 2.83. The van der Waals surface area contributed by atoms with Gasteiger partial charge in [0, 0.05) is 24.8 Å². The highest BCUT2D eigenvalue weighted by atomic mass is 15.3. The van der Waals surface area contributed by atoms with Crippen LogP contribution in [0.25, 0.3) is 0 Å². The van der Waals surface area contributed by atoms with E-state index in [1.165, 1.54) is 38.8 Å². The summed E-state index contributed by atoms with van der Waals surface area (Å²) >= 11 is 0. The number of nitrogens with two attached hydrogens (primary N) is 1. The van der Waals surface area contributed by atoms with Crippen molar-refractivity contribution in [3.63, 3.8) is 0 Å². The first-order valence-corrected chi connectivity index (χ1v) is 6.67. The molecule has 1 aromatic heterocycles. The molecule has 98 valence electrons. The molecule has 3 rings (SSSR count). The zero-order chi connectivity index (χ0) is 12.4. The molecule has 2 aliphatic heterocycles. The van der Waals surface area contributed by atoms with Crippen molar-refractivity contribution >= 4 is 11.8 Å². The van der Waals surface area contributed by atoms with Crippen molar-refractivity contribution in [2.75, 3.05) is 23.8 Å². The Bertz CT molecular complexity index is 409. The van der Waals surface area contributed by atoms with E-state index in [2.05, 4.69) is 25.6 Å². The zero-order valence-electron chi connectivity index (χ0n) is 10.5. The lowest BCUT2D eigenvalue weighted by Crippen LogP contribution is -2.41. The van der Waals surface area contributed by atoms with E-state index in [4.69, 9.17) is 5.84 Å². The summed E-state index contributed by atoms with van der Waals surface area (Å²) < 4.78 is 0. The lowest BCUT2D eigenvalue weighted by molar-refractivity contribution is 0.192. The lowest BCUT2D eigenvalue weighted by atomic mass is 9.99. The van der Waals surface area contributed by atoms with Crippen LogP contribution in [0.2, 0.25) is 0 Å². The van der Waals surface area contributed by atoms with Crippen molar-refractivity contribution in [1.82, 2.24) is 14.9 Å². The van der Waals surface area contributed by atoms with Crippen molar-refractivity contribution in [3.8, 4) is 0 Å². The Morgan fingerprint density at radius 2 is 2.22 bits per heavy atom. The second-order valence-corrected chi connectivity index (χ2v) is 5.05. The van der Waals surface area contributed by atoms with Crippen LogP contribution in [-0.2, 0) is 0 Å². The number of piperidine rings is 1. The molecule has 0 spiro atoms. The van der Waals surface area contributed by atoms with Gasteiger partial charge in [0.05, 0.1) is 0 Å². The Labute approximate surface area is 107 Å². The monoisotopic (exact) mass is 248 g/mol. The smallest absolute Gasteiger partial charge is 0.239 e. The Morgan fingerprint density at radius 1 is 1.28 bits per heavy atom. The van der Waals surface area contributed by atoms with Crippen LogP contribution < -0.4 is 16.6 Å². The number of nitrogens with one attached hydrogen (secondary N) is 2. The number of nitrogens with zero attached hydrogens (tertiary/aromatic N) is 3. The second kappa shape index (κ2) is 5.07. The number of hydrazine groups is 1. The summed E-state index contributed by atoms with van der Waals surface area (Å²) in [6.45, 7) is 2.46. The molecule has 0 aliphatic carbocycles. The molecule has 2 fully saturated rings. The van der Waals surface area contributed by atoms with E-state index in [-0.39, 0.29) is 0 Å². The number of nitrogen functional groups attached to an aromatic ring is 1. The molecule has 2 unspecified atom stereocenters. The van der Waals surface area contributed by atoms with Crippen molar-refractivity contribution in [1.29, 1.82) is 0 Å². The van der Waals surface area contributed by atoms with Gasteiger partial charge >= 0.3 is 0 Å². The molecular weight excluding hydrogens is 228 g/mol. The van der Waals surface area contributed by atoms with Gasteiger partial charge < -0.3 is 5.32 Å². The molecule has 4 N–H and O–H groups in total. The summed E-state index contributed by atoms with van der Waals surface area (Å²) in [5.74, 6) is 6.64. The third-order valence-corrected chi connectivity index (χ3v) is 3.97. The van der Waals surface area contributed by atoms with Crippen molar-refractivity contribution in [2.24, 2.45) is 5.84 Å². The molecule has 0 bridgehead atoms. The van der Waals surface area contributed by atoms with E-state index in [1.54, 1.807) is 6.20 Å². The van der Waals surface area contributed by atoms with Crippen LogP contribution in [0.1, 0.15) is 25.7 Å². The molecule has 3 heterocycles. The van der Waals surface area contributed by atoms with Gasteiger partial charge in [-0.25, -0.2) is 10.8 Å². The maximum Gasteiger partial charge on any atom is 0.239 e. The Hall–Kier alpha value is -1.40. The Kier molecular flexibility index (Phi) is 3.29. The molecule has 1 aromatic rings. The average molecular weight is 248 g/mol. The lowest BCUT2D eigenvalue weighted by Gasteiger charge is -2.32. The van der Waals surface area contributed by atoms with Crippen molar-refractivity contribution in [2.45, 2.75) is 37.8 Å². The van der Waals surface area contributed by atoms with Gasteiger partial charge in [-0.3, -0.25) is 10.3 Å². The summed E-state index contributed by atoms with van der Waals surface area (Å²) in [6.07, 6.45) is 6.90. The molecule has 18 heavy (non-hydrogen) atoms. The Balaban J connectivity index is 1.68. The summed E-state index contributed by atoms with van der Waals surface area (Å²) in [7, 11) is 0. The van der Waals surface area contributed by atoms with Gasteiger partial charge in [0.1, 0.15) is 5.82 Å². The van der Waals surface area contributed by atoms with E-state index >= 15 is 0 Å². The normalized spacial score (nSPS) is 27.8. The standard InChI is InChI=1S/C12H20N6/c13-17-12-14-6-4-11(16-12)15-9-5-8-18-7-2-1-3-10(9)18/h4,6,9-10H,1-3,5,7-8,13H2,(H2,14,15,16,17). The fourth-order valence-corrected chi connectivity index (χ4v) is 3.11. The van der Waals surface area contributed by atoms with Gasteiger partial charge in [-0.1, -0.05) is 6.42 Å². The van der Waals surface area contributed by atoms with Crippen LogP contribution in [0.3, 0.4) is 0 Å². The topological polar surface area (TPSA) is 79.1 Å². The molecule has 2 atom stereocenters. The van der Waals surface area contributed by atoms with Crippen LogP contribution in [0.15, 0.2) is 12.3 Å². The molecule has 0 amide bonds. The number of fused-ring (bicyclic) bond motifs is 1. The van der Waals surface area contributed by atoms with E-state index < -0.39 is 0 Å². The quantitative estimate of drug-likeness (QED) is 0.542. The highest BCUT2D eigenvalue weighted by Crippen LogP contribution is 2.28. The number of anilines is 2. The van der Waals surface area contributed by atoms with Crippen LogP contribution >= 0.6 is 0 Å². The molecule has 0 saturated carbocycles. The summed E-state index contributed by atoms with van der Waals surface area (Å²) in [6, 6.07) is 3.07. The molecule has 6 nitrogen and oxygen atoms in total. The van der Waals surface area contributed by atoms with Crippen LogP contribution in [0.5, 0.6) is 0 Å². The fraction of sp³-hybridized carbons (Fsp3) is 0.667. The maximum absolute atomic E-state index is 5.32. The second-order valence-electron chi connectivity index (χ2n) is 5.05. The number of aromatic nitrogens is 2. The minimum absolute atomic E-state index is 0.457. The minimum Gasteiger partial charge on any atom is -0.366 e. The molecule has 0 radical (unpaired) electrons. The first-order chi connectivity index (χ1) is 8.86. The third kappa shape index (κ3) is 2.26. The molecule has 2 saturated heterocycles. The predicted molar refractivity (Wildman–Crippen MR) is 71.1 cm³/mol. The van der Waals surface area contributed by atoms with Crippen LogP contribution in [-0.4, -0.2) is 40.0 Å². The van der Waals surface area contributed by atoms with Gasteiger partial charge in [-0.15, -0.1) is 0 Å². The molecular formula is C12H20N6. The first kappa shape index (κ1) is 11.7. The molecule has 2 aliphatic rings.